The van der Waals surface area contributed by atoms with Crippen LogP contribution < -0.4 is 5.32 Å². The van der Waals surface area contributed by atoms with Crippen molar-refractivity contribution < 1.29 is 4.42 Å². The zero-order chi connectivity index (χ0) is 14.5. The molecular formula is C17H19N3O. The quantitative estimate of drug-likeness (QED) is 0.751. The van der Waals surface area contributed by atoms with E-state index in [1.807, 2.05) is 24.3 Å². The first-order valence-corrected chi connectivity index (χ1v) is 7.34. The third-order valence-corrected chi connectivity index (χ3v) is 3.53. The van der Waals surface area contributed by atoms with E-state index < -0.39 is 0 Å². The van der Waals surface area contributed by atoms with Crippen molar-refractivity contribution in [2.45, 2.75) is 25.8 Å². The van der Waals surface area contributed by atoms with E-state index >= 15 is 0 Å². The van der Waals surface area contributed by atoms with Gasteiger partial charge in [-0.3, -0.25) is 9.97 Å². The summed E-state index contributed by atoms with van der Waals surface area (Å²) in [5.41, 5.74) is 3.06. The number of aromatic nitrogens is 2. The van der Waals surface area contributed by atoms with Crippen LogP contribution in [0.4, 0.5) is 0 Å². The normalized spacial score (nSPS) is 12.6. The molecular weight excluding hydrogens is 262 g/mol. The van der Waals surface area contributed by atoms with Gasteiger partial charge in [0.15, 0.2) is 0 Å². The summed E-state index contributed by atoms with van der Waals surface area (Å²) in [5.74, 6) is 0.976. The molecule has 0 spiro atoms. The van der Waals surface area contributed by atoms with Gasteiger partial charge >= 0.3 is 0 Å². The molecule has 0 aliphatic heterocycles. The second-order valence-electron chi connectivity index (χ2n) is 5.06. The van der Waals surface area contributed by atoms with E-state index in [1.165, 1.54) is 5.56 Å². The fraction of sp³-hybridized carbons (Fsp3) is 0.294. The molecule has 0 saturated heterocycles. The molecule has 4 heteroatoms. The van der Waals surface area contributed by atoms with E-state index in [0.29, 0.717) is 0 Å². The number of fused-ring (bicyclic) bond motifs is 1. The predicted octanol–water partition coefficient (Wildman–Crippen LogP) is 3.51. The minimum absolute atomic E-state index is 0.177. The number of benzene rings is 1. The first-order valence-electron chi connectivity index (χ1n) is 7.34. The summed E-state index contributed by atoms with van der Waals surface area (Å²) in [6.45, 7) is 3.13. The van der Waals surface area contributed by atoms with Crippen LogP contribution in [0, 0.1) is 0 Å². The Morgan fingerprint density at radius 1 is 1.14 bits per heavy atom. The van der Waals surface area contributed by atoms with Crippen LogP contribution in [0.3, 0.4) is 0 Å². The second-order valence-corrected chi connectivity index (χ2v) is 5.06. The van der Waals surface area contributed by atoms with Crippen molar-refractivity contribution in [3.8, 4) is 0 Å². The minimum Gasteiger partial charge on any atom is -0.469 e. The second kappa shape index (κ2) is 6.50. The number of nitrogens with zero attached hydrogens (tertiary/aromatic N) is 2. The maximum absolute atomic E-state index is 5.50. The van der Waals surface area contributed by atoms with Gasteiger partial charge in [-0.2, -0.15) is 0 Å². The Hall–Kier alpha value is -2.20. The average molecular weight is 281 g/mol. The number of furan rings is 1. The van der Waals surface area contributed by atoms with Crippen molar-refractivity contribution in [1.82, 2.24) is 15.3 Å². The van der Waals surface area contributed by atoms with Crippen LogP contribution in [0.1, 0.15) is 30.7 Å². The molecule has 0 aliphatic carbocycles. The van der Waals surface area contributed by atoms with Crippen LogP contribution in [0.2, 0.25) is 0 Å². The van der Waals surface area contributed by atoms with Crippen LogP contribution in [-0.2, 0) is 6.42 Å². The van der Waals surface area contributed by atoms with Crippen LogP contribution in [0.15, 0.2) is 53.4 Å². The molecule has 21 heavy (non-hydrogen) atoms. The van der Waals surface area contributed by atoms with Gasteiger partial charge in [-0.1, -0.05) is 19.1 Å². The zero-order valence-electron chi connectivity index (χ0n) is 12.1. The molecule has 0 amide bonds. The van der Waals surface area contributed by atoms with Gasteiger partial charge in [0, 0.05) is 24.9 Å². The van der Waals surface area contributed by atoms with Crippen molar-refractivity contribution in [1.29, 1.82) is 0 Å². The van der Waals surface area contributed by atoms with Gasteiger partial charge in [0.05, 0.1) is 17.3 Å². The first kappa shape index (κ1) is 13.8. The van der Waals surface area contributed by atoms with E-state index in [2.05, 4.69) is 28.3 Å². The molecule has 1 aromatic carbocycles. The van der Waals surface area contributed by atoms with Crippen LogP contribution >= 0.6 is 0 Å². The fourth-order valence-corrected chi connectivity index (χ4v) is 2.54. The lowest BCUT2D eigenvalue weighted by Gasteiger charge is -2.19. The van der Waals surface area contributed by atoms with E-state index in [0.717, 1.165) is 36.2 Å². The average Bonchev–Trinajstić information content (AvgIpc) is 3.04. The third-order valence-electron chi connectivity index (χ3n) is 3.53. The van der Waals surface area contributed by atoms with E-state index in [9.17, 15) is 0 Å². The van der Waals surface area contributed by atoms with Crippen molar-refractivity contribution >= 4 is 11.0 Å². The Bertz CT molecular complexity index is 689. The van der Waals surface area contributed by atoms with Gasteiger partial charge in [-0.05, 0) is 36.7 Å². The van der Waals surface area contributed by atoms with E-state index in [-0.39, 0.29) is 6.04 Å². The van der Waals surface area contributed by atoms with Gasteiger partial charge in [0.2, 0.25) is 0 Å². The van der Waals surface area contributed by atoms with Gasteiger partial charge < -0.3 is 9.73 Å². The Labute approximate surface area is 124 Å². The Kier molecular flexibility index (Phi) is 4.26. The van der Waals surface area contributed by atoms with E-state index in [4.69, 9.17) is 4.42 Å². The molecule has 1 atom stereocenters. The molecule has 0 fully saturated rings. The number of rotatable bonds is 6. The van der Waals surface area contributed by atoms with Gasteiger partial charge in [-0.15, -0.1) is 0 Å². The molecule has 1 unspecified atom stereocenters. The van der Waals surface area contributed by atoms with Crippen molar-refractivity contribution in [3.63, 3.8) is 0 Å². The molecule has 2 heterocycles. The van der Waals surface area contributed by atoms with Crippen molar-refractivity contribution in [2.24, 2.45) is 0 Å². The lowest BCUT2D eigenvalue weighted by molar-refractivity contribution is 0.450. The number of hydrogen-bond acceptors (Lipinski definition) is 4. The monoisotopic (exact) mass is 281 g/mol. The summed E-state index contributed by atoms with van der Waals surface area (Å²) in [7, 11) is 0. The maximum atomic E-state index is 5.50. The highest BCUT2D eigenvalue weighted by atomic mass is 16.3. The molecule has 0 radical (unpaired) electrons. The van der Waals surface area contributed by atoms with Crippen LogP contribution in [0.5, 0.6) is 0 Å². The molecule has 0 bridgehead atoms. The molecule has 0 saturated carbocycles. The molecule has 3 aromatic rings. The van der Waals surface area contributed by atoms with Crippen molar-refractivity contribution in [3.05, 3.63) is 60.3 Å². The molecule has 2 aromatic heterocycles. The van der Waals surface area contributed by atoms with Gasteiger partial charge in [0.1, 0.15) is 5.76 Å². The highest BCUT2D eigenvalue weighted by molar-refractivity contribution is 5.78. The Balaban J connectivity index is 1.97. The SMILES string of the molecule is CCCNC(Cc1ccco1)c1cccc2nccnc12. The first-order chi connectivity index (χ1) is 10.4. The highest BCUT2D eigenvalue weighted by Crippen LogP contribution is 2.24. The molecule has 3 rings (SSSR count). The molecule has 0 aliphatic rings. The Morgan fingerprint density at radius 2 is 2.05 bits per heavy atom. The lowest BCUT2D eigenvalue weighted by atomic mass is 10.0. The summed E-state index contributed by atoms with van der Waals surface area (Å²) in [6.07, 6.45) is 7.09. The third kappa shape index (κ3) is 3.11. The van der Waals surface area contributed by atoms with Crippen molar-refractivity contribution in [2.75, 3.05) is 6.54 Å². The molecule has 1 N–H and O–H groups in total. The Morgan fingerprint density at radius 3 is 2.86 bits per heavy atom. The van der Waals surface area contributed by atoms with E-state index in [1.54, 1.807) is 18.7 Å². The summed E-state index contributed by atoms with van der Waals surface area (Å²) >= 11 is 0. The maximum Gasteiger partial charge on any atom is 0.105 e. The number of nitrogens with one attached hydrogen (secondary N) is 1. The van der Waals surface area contributed by atoms with Gasteiger partial charge in [0.25, 0.3) is 0 Å². The summed E-state index contributed by atoms with van der Waals surface area (Å²) in [5, 5.41) is 3.59. The number of para-hydroxylation sites is 1. The molecule has 4 nitrogen and oxygen atoms in total. The summed E-state index contributed by atoms with van der Waals surface area (Å²) < 4.78 is 5.50. The fourth-order valence-electron chi connectivity index (χ4n) is 2.54. The van der Waals surface area contributed by atoms with Crippen LogP contribution in [0.25, 0.3) is 11.0 Å². The summed E-state index contributed by atoms with van der Waals surface area (Å²) in [4.78, 5) is 8.89. The van der Waals surface area contributed by atoms with Crippen LogP contribution in [-0.4, -0.2) is 16.5 Å². The lowest BCUT2D eigenvalue weighted by Crippen LogP contribution is -2.24. The zero-order valence-corrected chi connectivity index (χ0v) is 12.1. The predicted molar refractivity (Wildman–Crippen MR) is 83.0 cm³/mol. The summed E-state index contributed by atoms with van der Waals surface area (Å²) in [6, 6.07) is 10.3. The highest BCUT2D eigenvalue weighted by Gasteiger charge is 2.16. The standard InChI is InChI=1S/C17H19N3O/c1-2-8-18-16(12-13-5-4-11-21-13)14-6-3-7-15-17(14)20-10-9-19-15/h3-7,9-11,16,18H,2,8,12H2,1H3. The van der Waals surface area contributed by atoms with Gasteiger partial charge in [-0.25, -0.2) is 0 Å². The minimum atomic E-state index is 0.177. The topological polar surface area (TPSA) is 51.0 Å². The smallest absolute Gasteiger partial charge is 0.105 e. The molecule has 108 valence electrons. The number of hydrogen-bond donors (Lipinski definition) is 1. The largest absolute Gasteiger partial charge is 0.469 e.